The molecular weight excluding hydrogens is 326 g/mol. The highest BCUT2D eigenvalue weighted by molar-refractivity contribution is 5.07. The van der Waals surface area contributed by atoms with Gasteiger partial charge in [-0.25, -0.2) is 0 Å². The SMILES string of the molecule is C#CCCCCCCC#CCN(CC#CCCCCCCC#C)C(C)(C)C. The van der Waals surface area contributed by atoms with E-state index in [9.17, 15) is 0 Å². The Labute approximate surface area is 170 Å². The first-order valence-electron chi connectivity index (χ1n) is 10.6. The van der Waals surface area contributed by atoms with E-state index in [2.05, 4.69) is 61.2 Å². The minimum atomic E-state index is 0.0911. The van der Waals surface area contributed by atoms with Crippen molar-refractivity contribution in [3.05, 3.63) is 0 Å². The monoisotopic (exact) mass is 365 g/mol. The Kier molecular flexibility index (Phi) is 16.4. The van der Waals surface area contributed by atoms with Gasteiger partial charge in [-0.3, -0.25) is 4.90 Å². The summed E-state index contributed by atoms with van der Waals surface area (Å²) in [5.41, 5.74) is 0.0911. The van der Waals surface area contributed by atoms with E-state index in [-0.39, 0.29) is 5.54 Å². The second-order valence-corrected chi connectivity index (χ2v) is 7.97. The van der Waals surface area contributed by atoms with Crippen LogP contribution in [-0.4, -0.2) is 23.5 Å². The second-order valence-electron chi connectivity index (χ2n) is 7.97. The van der Waals surface area contributed by atoms with E-state index in [0.29, 0.717) is 0 Å². The molecule has 0 bridgehead atoms. The average Bonchev–Trinajstić information content (AvgIpc) is 2.62. The molecule has 0 heterocycles. The van der Waals surface area contributed by atoms with E-state index in [1.54, 1.807) is 0 Å². The zero-order valence-corrected chi connectivity index (χ0v) is 18.0. The van der Waals surface area contributed by atoms with Crippen LogP contribution in [0.5, 0.6) is 0 Å². The van der Waals surface area contributed by atoms with Gasteiger partial charge in [0.15, 0.2) is 0 Å². The highest BCUT2D eigenvalue weighted by atomic mass is 15.2. The van der Waals surface area contributed by atoms with Gasteiger partial charge in [0.25, 0.3) is 0 Å². The van der Waals surface area contributed by atoms with Gasteiger partial charge in [0.1, 0.15) is 0 Å². The minimum absolute atomic E-state index is 0.0911. The van der Waals surface area contributed by atoms with Crippen LogP contribution in [0.1, 0.15) is 97.8 Å². The summed E-state index contributed by atoms with van der Waals surface area (Å²) in [7, 11) is 0. The molecule has 0 fully saturated rings. The normalized spacial score (nSPS) is 10.3. The Morgan fingerprint density at radius 3 is 1.26 bits per heavy atom. The van der Waals surface area contributed by atoms with Crippen LogP contribution in [0.3, 0.4) is 0 Å². The van der Waals surface area contributed by atoms with E-state index in [1.165, 1.54) is 38.5 Å². The van der Waals surface area contributed by atoms with Gasteiger partial charge in [-0.2, -0.15) is 0 Å². The standard InChI is InChI=1S/C26H39N/c1-6-8-10-12-14-16-18-20-22-24-27(26(3,4)5)25-23-21-19-17-15-13-11-9-7-2/h1-2H,8-19,24-25H2,3-5H3. The van der Waals surface area contributed by atoms with E-state index in [1.807, 2.05) is 0 Å². The Morgan fingerprint density at radius 1 is 0.556 bits per heavy atom. The molecule has 0 N–H and O–H groups in total. The molecule has 0 aliphatic rings. The van der Waals surface area contributed by atoms with Gasteiger partial charge in [0.05, 0.1) is 13.1 Å². The molecule has 0 rings (SSSR count). The van der Waals surface area contributed by atoms with Crippen molar-refractivity contribution < 1.29 is 0 Å². The number of terminal acetylenes is 2. The maximum Gasteiger partial charge on any atom is 0.0615 e. The summed E-state index contributed by atoms with van der Waals surface area (Å²) in [5.74, 6) is 18.7. The quantitative estimate of drug-likeness (QED) is 0.301. The van der Waals surface area contributed by atoms with Gasteiger partial charge < -0.3 is 0 Å². The molecule has 0 radical (unpaired) electrons. The second kappa shape index (κ2) is 17.6. The third-order valence-corrected chi connectivity index (χ3v) is 4.48. The molecule has 148 valence electrons. The molecule has 0 aromatic heterocycles. The van der Waals surface area contributed by atoms with Gasteiger partial charge in [-0.15, -0.1) is 36.5 Å². The van der Waals surface area contributed by atoms with Crippen LogP contribution in [0, 0.1) is 48.4 Å². The molecule has 0 saturated carbocycles. The number of hydrogen-bond donors (Lipinski definition) is 0. The van der Waals surface area contributed by atoms with Crippen molar-refractivity contribution in [1.82, 2.24) is 4.90 Å². The van der Waals surface area contributed by atoms with Crippen molar-refractivity contribution >= 4 is 0 Å². The lowest BCUT2D eigenvalue weighted by molar-refractivity contribution is 0.179. The van der Waals surface area contributed by atoms with Crippen molar-refractivity contribution in [3.63, 3.8) is 0 Å². The Hall–Kier alpha value is -1.80. The van der Waals surface area contributed by atoms with Crippen molar-refractivity contribution in [2.45, 2.75) is 103 Å². The third-order valence-electron chi connectivity index (χ3n) is 4.48. The number of unbranched alkanes of at least 4 members (excludes halogenated alkanes) is 10. The maximum absolute atomic E-state index is 5.26. The highest BCUT2D eigenvalue weighted by Gasteiger charge is 2.18. The fraction of sp³-hybridized carbons (Fsp3) is 0.692. The molecule has 1 heteroatoms. The van der Waals surface area contributed by atoms with Crippen LogP contribution in [0.15, 0.2) is 0 Å². The van der Waals surface area contributed by atoms with Crippen LogP contribution >= 0.6 is 0 Å². The Bertz CT molecular complexity index is 510. The number of rotatable bonds is 12. The van der Waals surface area contributed by atoms with Crippen LogP contribution in [0.2, 0.25) is 0 Å². The smallest absolute Gasteiger partial charge is 0.0615 e. The highest BCUT2D eigenvalue weighted by Crippen LogP contribution is 2.12. The molecule has 0 spiro atoms. The molecule has 27 heavy (non-hydrogen) atoms. The van der Waals surface area contributed by atoms with E-state index in [4.69, 9.17) is 12.8 Å². The van der Waals surface area contributed by atoms with E-state index < -0.39 is 0 Å². The van der Waals surface area contributed by atoms with Gasteiger partial charge >= 0.3 is 0 Å². The lowest BCUT2D eigenvalue weighted by Gasteiger charge is -2.32. The molecule has 0 aliphatic heterocycles. The first kappa shape index (κ1) is 25.2. The third kappa shape index (κ3) is 17.4. The van der Waals surface area contributed by atoms with E-state index in [0.717, 1.165) is 51.6 Å². The van der Waals surface area contributed by atoms with Crippen LogP contribution in [0.25, 0.3) is 0 Å². The Balaban J connectivity index is 4.01. The molecule has 0 aromatic rings. The summed E-state index contributed by atoms with van der Waals surface area (Å²) in [5, 5.41) is 0. The molecule has 1 nitrogen and oxygen atoms in total. The zero-order chi connectivity index (χ0) is 20.2. The summed E-state index contributed by atoms with van der Waals surface area (Å²) in [6.07, 6.45) is 23.8. The van der Waals surface area contributed by atoms with Crippen molar-refractivity contribution in [3.8, 4) is 48.4 Å². The fourth-order valence-corrected chi connectivity index (χ4v) is 2.60. The molecule has 0 aliphatic carbocycles. The summed E-state index contributed by atoms with van der Waals surface area (Å²) >= 11 is 0. The minimum Gasteiger partial charge on any atom is -0.276 e. The molecule has 0 atom stereocenters. The van der Waals surface area contributed by atoms with Crippen molar-refractivity contribution in [2.24, 2.45) is 0 Å². The summed E-state index contributed by atoms with van der Waals surface area (Å²) in [6, 6.07) is 0. The molecular formula is C26H39N. The molecule has 0 aromatic carbocycles. The maximum atomic E-state index is 5.26. The first-order chi connectivity index (χ1) is 13.0. The number of nitrogens with zero attached hydrogens (tertiary/aromatic N) is 1. The summed E-state index contributed by atoms with van der Waals surface area (Å²) in [6.45, 7) is 8.27. The van der Waals surface area contributed by atoms with Crippen LogP contribution < -0.4 is 0 Å². The average molecular weight is 366 g/mol. The van der Waals surface area contributed by atoms with E-state index >= 15 is 0 Å². The zero-order valence-electron chi connectivity index (χ0n) is 18.0. The van der Waals surface area contributed by atoms with Gasteiger partial charge in [0, 0.05) is 31.2 Å². The predicted octanol–water partition coefficient (Wildman–Crippen LogP) is 6.04. The summed E-state index contributed by atoms with van der Waals surface area (Å²) in [4.78, 5) is 2.35. The lowest BCUT2D eigenvalue weighted by Crippen LogP contribution is -2.41. The molecule has 0 amide bonds. The fourth-order valence-electron chi connectivity index (χ4n) is 2.60. The molecule has 0 saturated heterocycles. The van der Waals surface area contributed by atoms with Gasteiger partial charge in [-0.05, 0) is 46.5 Å². The van der Waals surface area contributed by atoms with Gasteiger partial charge in [-0.1, -0.05) is 37.5 Å². The first-order valence-corrected chi connectivity index (χ1v) is 10.6. The number of hydrogen-bond acceptors (Lipinski definition) is 1. The lowest BCUT2D eigenvalue weighted by atomic mass is 10.1. The molecule has 0 unspecified atom stereocenters. The topological polar surface area (TPSA) is 3.24 Å². The largest absolute Gasteiger partial charge is 0.276 e. The van der Waals surface area contributed by atoms with Crippen LogP contribution in [0.4, 0.5) is 0 Å². The van der Waals surface area contributed by atoms with Gasteiger partial charge in [0.2, 0.25) is 0 Å². The van der Waals surface area contributed by atoms with Crippen molar-refractivity contribution in [2.75, 3.05) is 13.1 Å². The summed E-state index contributed by atoms with van der Waals surface area (Å²) < 4.78 is 0. The predicted molar refractivity (Wildman–Crippen MR) is 120 cm³/mol. The van der Waals surface area contributed by atoms with Crippen LogP contribution in [-0.2, 0) is 0 Å². The van der Waals surface area contributed by atoms with Crippen molar-refractivity contribution in [1.29, 1.82) is 0 Å². The Morgan fingerprint density at radius 2 is 0.926 bits per heavy atom.